The number of pyridine rings is 1. The summed E-state index contributed by atoms with van der Waals surface area (Å²) in [5.41, 5.74) is 3.08. The van der Waals surface area contributed by atoms with Gasteiger partial charge in [0.25, 0.3) is 0 Å². The maximum Gasteiger partial charge on any atom is 0.140 e. The molecule has 106 valence electrons. The number of aromatic nitrogens is 3. The Kier molecular flexibility index (Phi) is 2.88. The fourth-order valence-corrected chi connectivity index (χ4v) is 3.06. The Bertz CT molecular complexity index is 727. The fraction of sp³-hybridized carbons (Fsp3) is 0.294. The van der Waals surface area contributed by atoms with Crippen molar-refractivity contribution < 1.29 is 0 Å². The number of benzene rings is 1. The van der Waals surface area contributed by atoms with Crippen LogP contribution in [0.5, 0.6) is 0 Å². The van der Waals surface area contributed by atoms with Gasteiger partial charge in [-0.2, -0.15) is 0 Å². The predicted octanol–water partition coefficient (Wildman–Crippen LogP) is 3.61. The molecule has 0 radical (unpaired) electrons. The van der Waals surface area contributed by atoms with Gasteiger partial charge in [-0.3, -0.25) is 0 Å². The molecule has 0 bridgehead atoms. The highest BCUT2D eigenvalue weighted by Gasteiger charge is 2.21. The van der Waals surface area contributed by atoms with Crippen molar-refractivity contribution in [2.24, 2.45) is 0 Å². The van der Waals surface area contributed by atoms with E-state index >= 15 is 0 Å². The predicted molar refractivity (Wildman–Crippen MR) is 85.4 cm³/mol. The molecule has 1 aliphatic heterocycles. The Morgan fingerprint density at radius 2 is 2.10 bits per heavy atom. The zero-order valence-electron chi connectivity index (χ0n) is 12.1. The highest BCUT2D eigenvalue weighted by Crippen LogP contribution is 2.25. The van der Waals surface area contributed by atoms with Crippen molar-refractivity contribution in [2.45, 2.75) is 25.8 Å². The molecule has 1 aliphatic rings. The van der Waals surface area contributed by atoms with Gasteiger partial charge in [0.2, 0.25) is 0 Å². The van der Waals surface area contributed by atoms with Crippen molar-refractivity contribution in [1.29, 1.82) is 0 Å². The van der Waals surface area contributed by atoms with E-state index in [0.717, 1.165) is 34.8 Å². The molecule has 0 amide bonds. The average molecular weight is 278 g/mol. The molecule has 4 heteroatoms. The van der Waals surface area contributed by atoms with E-state index in [-0.39, 0.29) is 0 Å². The molecule has 1 atom stereocenters. The van der Waals surface area contributed by atoms with Gasteiger partial charge in [-0.05, 0) is 44.0 Å². The Morgan fingerprint density at radius 3 is 2.81 bits per heavy atom. The topological polar surface area (TPSA) is 44.8 Å². The fourth-order valence-electron chi connectivity index (χ4n) is 3.06. The summed E-state index contributed by atoms with van der Waals surface area (Å²) < 4.78 is 0. The van der Waals surface area contributed by atoms with E-state index in [2.05, 4.69) is 38.9 Å². The smallest absolute Gasteiger partial charge is 0.140 e. The molecule has 3 heterocycles. The van der Waals surface area contributed by atoms with Crippen molar-refractivity contribution in [1.82, 2.24) is 15.0 Å². The van der Waals surface area contributed by atoms with Crippen LogP contribution in [0.25, 0.3) is 22.4 Å². The van der Waals surface area contributed by atoms with Gasteiger partial charge in [0.05, 0.1) is 11.0 Å². The first kappa shape index (κ1) is 12.4. The van der Waals surface area contributed by atoms with Gasteiger partial charge in [0, 0.05) is 24.3 Å². The summed E-state index contributed by atoms with van der Waals surface area (Å²) in [7, 11) is 0. The van der Waals surface area contributed by atoms with Crippen molar-refractivity contribution in [2.75, 3.05) is 11.4 Å². The van der Waals surface area contributed by atoms with Crippen LogP contribution < -0.4 is 4.90 Å². The average Bonchev–Trinajstić information content (AvgIpc) is 3.13. The minimum atomic E-state index is 0.592. The second kappa shape index (κ2) is 4.88. The molecule has 0 unspecified atom stereocenters. The van der Waals surface area contributed by atoms with Crippen molar-refractivity contribution in [3.63, 3.8) is 0 Å². The number of hydrogen-bond acceptors (Lipinski definition) is 3. The number of nitrogens with one attached hydrogen (secondary N) is 1. The summed E-state index contributed by atoms with van der Waals surface area (Å²) in [6.45, 7) is 3.37. The maximum absolute atomic E-state index is 4.62. The maximum atomic E-state index is 4.62. The number of H-pyrrole nitrogens is 1. The summed E-state index contributed by atoms with van der Waals surface area (Å²) in [5.74, 6) is 1.95. The normalized spacial score (nSPS) is 18.5. The van der Waals surface area contributed by atoms with Gasteiger partial charge in [-0.15, -0.1) is 0 Å². The SMILES string of the molecule is C[C@H]1CCCN1c1ccc(-c2nc3ccccc3[nH]2)cn1. The van der Waals surface area contributed by atoms with Crippen molar-refractivity contribution in [3.05, 3.63) is 42.6 Å². The van der Waals surface area contributed by atoms with E-state index in [9.17, 15) is 0 Å². The van der Waals surface area contributed by atoms with Gasteiger partial charge in [0.1, 0.15) is 11.6 Å². The standard InChI is InChI=1S/C17H18N4/c1-12-5-4-10-21(12)16-9-8-13(11-18-16)17-19-14-6-2-3-7-15(14)20-17/h2-3,6-9,11-12H,4-5,10H2,1H3,(H,19,20)/t12-/m0/s1. The third kappa shape index (κ3) is 2.17. The van der Waals surface area contributed by atoms with Gasteiger partial charge in [-0.1, -0.05) is 12.1 Å². The van der Waals surface area contributed by atoms with Gasteiger partial charge in [0.15, 0.2) is 0 Å². The van der Waals surface area contributed by atoms with E-state index in [1.165, 1.54) is 12.8 Å². The molecule has 1 fully saturated rings. The molecular formula is C17H18N4. The minimum Gasteiger partial charge on any atom is -0.354 e. The Balaban J connectivity index is 1.66. The first-order chi connectivity index (χ1) is 10.3. The van der Waals surface area contributed by atoms with E-state index in [4.69, 9.17) is 0 Å². The molecule has 0 saturated carbocycles. The first-order valence-electron chi connectivity index (χ1n) is 7.49. The lowest BCUT2D eigenvalue weighted by Gasteiger charge is -2.22. The minimum absolute atomic E-state index is 0.592. The summed E-state index contributed by atoms with van der Waals surface area (Å²) in [4.78, 5) is 15.0. The van der Waals surface area contributed by atoms with Crippen LogP contribution in [0.15, 0.2) is 42.6 Å². The number of hydrogen-bond donors (Lipinski definition) is 1. The lowest BCUT2D eigenvalue weighted by molar-refractivity contribution is 0.727. The zero-order chi connectivity index (χ0) is 14.2. The molecule has 2 aromatic heterocycles. The largest absolute Gasteiger partial charge is 0.354 e. The quantitative estimate of drug-likeness (QED) is 0.778. The van der Waals surface area contributed by atoms with E-state index < -0.39 is 0 Å². The van der Waals surface area contributed by atoms with Crippen LogP contribution in [-0.2, 0) is 0 Å². The highest BCUT2D eigenvalue weighted by molar-refractivity contribution is 5.79. The number of nitrogens with zero attached hydrogens (tertiary/aromatic N) is 3. The van der Waals surface area contributed by atoms with Gasteiger partial charge in [-0.25, -0.2) is 9.97 Å². The summed E-state index contributed by atoms with van der Waals surface area (Å²) in [6.07, 6.45) is 4.43. The van der Waals surface area contributed by atoms with E-state index in [1.54, 1.807) is 0 Å². The Morgan fingerprint density at radius 1 is 1.19 bits per heavy atom. The molecule has 1 N–H and O–H groups in total. The summed E-state index contributed by atoms with van der Waals surface area (Å²) >= 11 is 0. The van der Waals surface area contributed by atoms with E-state index in [1.807, 2.05) is 30.5 Å². The zero-order valence-corrected chi connectivity index (χ0v) is 12.1. The highest BCUT2D eigenvalue weighted by atomic mass is 15.2. The lowest BCUT2D eigenvalue weighted by Crippen LogP contribution is -2.26. The second-order valence-electron chi connectivity index (χ2n) is 5.69. The molecule has 4 nitrogen and oxygen atoms in total. The van der Waals surface area contributed by atoms with Crippen LogP contribution >= 0.6 is 0 Å². The lowest BCUT2D eigenvalue weighted by atomic mass is 10.2. The first-order valence-corrected chi connectivity index (χ1v) is 7.49. The number of aromatic amines is 1. The number of anilines is 1. The van der Waals surface area contributed by atoms with Crippen LogP contribution in [0.3, 0.4) is 0 Å². The monoisotopic (exact) mass is 278 g/mol. The molecule has 1 aromatic carbocycles. The molecule has 3 aromatic rings. The van der Waals surface area contributed by atoms with Crippen LogP contribution in [0.1, 0.15) is 19.8 Å². The van der Waals surface area contributed by atoms with Gasteiger partial charge >= 0.3 is 0 Å². The molecular weight excluding hydrogens is 260 g/mol. The van der Waals surface area contributed by atoms with Gasteiger partial charge < -0.3 is 9.88 Å². The summed E-state index contributed by atoms with van der Waals surface area (Å²) in [5, 5.41) is 0. The van der Waals surface area contributed by atoms with Crippen LogP contribution in [-0.4, -0.2) is 27.5 Å². The number of imidazole rings is 1. The third-order valence-electron chi connectivity index (χ3n) is 4.26. The number of fused-ring (bicyclic) bond motifs is 1. The molecule has 1 saturated heterocycles. The van der Waals surface area contributed by atoms with Crippen LogP contribution in [0, 0.1) is 0 Å². The Labute approximate surface area is 123 Å². The summed E-state index contributed by atoms with van der Waals surface area (Å²) in [6, 6.07) is 12.9. The second-order valence-corrected chi connectivity index (χ2v) is 5.69. The molecule has 4 rings (SSSR count). The number of para-hydroxylation sites is 2. The van der Waals surface area contributed by atoms with E-state index in [0.29, 0.717) is 6.04 Å². The van der Waals surface area contributed by atoms with Crippen LogP contribution in [0.2, 0.25) is 0 Å². The third-order valence-corrected chi connectivity index (χ3v) is 4.26. The van der Waals surface area contributed by atoms with Crippen molar-refractivity contribution in [3.8, 4) is 11.4 Å². The molecule has 0 spiro atoms. The molecule has 21 heavy (non-hydrogen) atoms. The van der Waals surface area contributed by atoms with Crippen molar-refractivity contribution >= 4 is 16.9 Å². The van der Waals surface area contributed by atoms with Crippen LogP contribution in [0.4, 0.5) is 5.82 Å². The Hall–Kier alpha value is -2.36. The molecule has 0 aliphatic carbocycles. The number of rotatable bonds is 2.